The Bertz CT molecular complexity index is 842. The second kappa shape index (κ2) is 5.06. The molecule has 0 saturated heterocycles. The number of benzene rings is 2. The lowest BCUT2D eigenvalue weighted by Crippen LogP contribution is -2.11. The molecule has 0 atom stereocenters. The Hall–Kier alpha value is -1.94. The highest BCUT2D eigenvalue weighted by Gasteiger charge is 2.22. The van der Waals surface area contributed by atoms with Gasteiger partial charge in [-0.05, 0) is 34.2 Å². The Kier molecular flexibility index (Phi) is 3.44. The molecule has 1 heterocycles. The highest BCUT2D eigenvalue weighted by atomic mass is 32.2. The normalized spacial score (nSPS) is 16.3. The van der Waals surface area contributed by atoms with Gasteiger partial charge < -0.3 is 0 Å². The molecule has 0 fully saturated rings. The molecule has 0 aromatic heterocycles. The lowest BCUT2D eigenvalue weighted by atomic mass is 9.86. The van der Waals surface area contributed by atoms with Gasteiger partial charge in [-0.1, -0.05) is 51.1 Å². The molecule has 3 nitrogen and oxygen atoms in total. The number of hydrogen-bond acceptors (Lipinski definition) is 3. The van der Waals surface area contributed by atoms with Gasteiger partial charge in [-0.2, -0.15) is 0 Å². The van der Waals surface area contributed by atoms with Crippen LogP contribution in [0.25, 0.3) is 11.1 Å². The molecule has 0 spiro atoms. The molecule has 0 aliphatic carbocycles. The molecule has 114 valence electrons. The fourth-order valence-corrected chi connectivity index (χ4v) is 3.73. The van der Waals surface area contributed by atoms with Crippen molar-refractivity contribution in [3.63, 3.8) is 0 Å². The third-order valence-electron chi connectivity index (χ3n) is 3.90. The average Bonchev–Trinajstić information content (AvgIpc) is 2.46. The highest BCUT2D eigenvalue weighted by molar-refractivity contribution is 7.92. The molecule has 2 aromatic carbocycles. The highest BCUT2D eigenvalue weighted by Crippen LogP contribution is 2.33. The van der Waals surface area contributed by atoms with Crippen molar-refractivity contribution in [1.82, 2.24) is 0 Å². The minimum atomic E-state index is -3.25. The summed E-state index contributed by atoms with van der Waals surface area (Å²) in [4.78, 5) is 4.49. The van der Waals surface area contributed by atoms with Crippen LogP contribution in [-0.4, -0.2) is 20.4 Å². The lowest BCUT2D eigenvalue weighted by Gasteiger charge is -2.19. The summed E-state index contributed by atoms with van der Waals surface area (Å²) in [6, 6.07) is 13.7. The number of aliphatic imine (C=N–C) groups is 1. The summed E-state index contributed by atoms with van der Waals surface area (Å²) in [5, 5.41) is 0. The first-order chi connectivity index (χ1) is 10.3. The van der Waals surface area contributed by atoms with Crippen molar-refractivity contribution in [3.05, 3.63) is 48.0 Å². The number of nitrogens with zero attached hydrogens (tertiary/aromatic N) is 1. The summed E-state index contributed by atoms with van der Waals surface area (Å²) >= 11 is 0. The van der Waals surface area contributed by atoms with Gasteiger partial charge in [-0.3, -0.25) is 4.99 Å². The van der Waals surface area contributed by atoms with E-state index in [-0.39, 0.29) is 11.2 Å². The van der Waals surface area contributed by atoms with Crippen molar-refractivity contribution >= 4 is 21.7 Å². The first kappa shape index (κ1) is 15.0. The zero-order valence-corrected chi connectivity index (χ0v) is 13.8. The Morgan fingerprint density at radius 3 is 2.23 bits per heavy atom. The van der Waals surface area contributed by atoms with Crippen molar-refractivity contribution in [1.29, 1.82) is 0 Å². The van der Waals surface area contributed by atoms with Gasteiger partial charge in [-0.25, -0.2) is 8.42 Å². The first-order valence-electron chi connectivity index (χ1n) is 7.28. The van der Waals surface area contributed by atoms with Crippen LogP contribution in [0, 0.1) is 0 Å². The van der Waals surface area contributed by atoms with Crippen LogP contribution in [-0.2, 0) is 15.3 Å². The largest absolute Gasteiger partial charge is 0.259 e. The van der Waals surface area contributed by atoms with Gasteiger partial charge in [0.1, 0.15) is 0 Å². The molecule has 0 bridgehead atoms. The van der Waals surface area contributed by atoms with E-state index >= 15 is 0 Å². The Morgan fingerprint density at radius 2 is 1.59 bits per heavy atom. The van der Waals surface area contributed by atoms with Gasteiger partial charge in [0, 0.05) is 6.21 Å². The molecule has 0 radical (unpaired) electrons. The lowest BCUT2D eigenvalue weighted by molar-refractivity contribution is 0.590. The molecule has 0 saturated carbocycles. The minimum Gasteiger partial charge on any atom is -0.259 e. The second-order valence-corrected chi connectivity index (χ2v) is 8.61. The number of hydrogen-bond donors (Lipinski definition) is 0. The summed E-state index contributed by atoms with van der Waals surface area (Å²) in [6.07, 6.45) is 1.45. The summed E-state index contributed by atoms with van der Waals surface area (Å²) in [5.74, 6) is -0.0214. The SMILES string of the molecule is CC(C)(C)c1ccc(-c2ccc3c(c2)S(=O)(=O)CC=N3)cc1. The van der Waals surface area contributed by atoms with Gasteiger partial charge in [-0.15, -0.1) is 0 Å². The van der Waals surface area contributed by atoms with Crippen molar-refractivity contribution in [3.8, 4) is 11.1 Å². The second-order valence-electron chi connectivity index (χ2n) is 6.60. The summed E-state index contributed by atoms with van der Waals surface area (Å²) < 4.78 is 24.3. The van der Waals surface area contributed by atoms with Gasteiger partial charge in [0.2, 0.25) is 0 Å². The van der Waals surface area contributed by atoms with Gasteiger partial charge in [0.25, 0.3) is 0 Å². The van der Waals surface area contributed by atoms with Gasteiger partial charge >= 0.3 is 0 Å². The van der Waals surface area contributed by atoms with E-state index in [0.29, 0.717) is 10.6 Å². The van der Waals surface area contributed by atoms with Crippen LogP contribution in [0.5, 0.6) is 0 Å². The van der Waals surface area contributed by atoms with E-state index in [1.54, 1.807) is 12.1 Å². The van der Waals surface area contributed by atoms with Crippen LogP contribution in [0.2, 0.25) is 0 Å². The zero-order chi connectivity index (χ0) is 16.0. The van der Waals surface area contributed by atoms with Gasteiger partial charge in [0.05, 0.1) is 16.3 Å². The van der Waals surface area contributed by atoms with E-state index in [2.05, 4.69) is 37.9 Å². The summed E-state index contributed by atoms with van der Waals surface area (Å²) in [5.41, 5.74) is 3.81. The predicted octanol–water partition coefficient (Wildman–Crippen LogP) is 4.14. The van der Waals surface area contributed by atoms with Crippen LogP contribution in [0.3, 0.4) is 0 Å². The third-order valence-corrected chi connectivity index (χ3v) is 5.49. The molecule has 0 amide bonds. The van der Waals surface area contributed by atoms with E-state index in [4.69, 9.17) is 0 Å². The summed E-state index contributed by atoms with van der Waals surface area (Å²) in [7, 11) is -3.25. The van der Waals surface area contributed by atoms with Crippen LogP contribution in [0.1, 0.15) is 26.3 Å². The van der Waals surface area contributed by atoms with Crippen LogP contribution in [0.4, 0.5) is 5.69 Å². The number of rotatable bonds is 1. The average molecular weight is 313 g/mol. The van der Waals surface area contributed by atoms with Gasteiger partial charge in [0.15, 0.2) is 9.84 Å². The van der Waals surface area contributed by atoms with E-state index in [0.717, 1.165) is 11.1 Å². The zero-order valence-electron chi connectivity index (χ0n) is 13.0. The number of sulfone groups is 1. The molecule has 22 heavy (non-hydrogen) atoms. The topological polar surface area (TPSA) is 46.5 Å². The van der Waals surface area contributed by atoms with Crippen LogP contribution in [0.15, 0.2) is 52.4 Å². The first-order valence-corrected chi connectivity index (χ1v) is 8.93. The van der Waals surface area contributed by atoms with Crippen molar-refractivity contribution < 1.29 is 8.42 Å². The maximum atomic E-state index is 12.2. The van der Waals surface area contributed by atoms with Crippen molar-refractivity contribution in [2.75, 3.05) is 5.75 Å². The molecular formula is C18H19NO2S. The van der Waals surface area contributed by atoms with Crippen LogP contribution < -0.4 is 0 Å². The van der Waals surface area contributed by atoms with E-state index < -0.39 is 9.84 Å². The van der Waals surface area contributed by atoms with E-state index in [1.165, 1.54) is 11.8 Å². The molecular weight excluding hydrogens is 294 g/mol. The monoisotopic (exact) mass is 313 g/mol. The van der Waals surface area contributed by atoms with Crippen LogP contribution >= 0.6 is 0 Å². The Morgan fingerprint density at radius 1 is 0.955 bits per heavy atom. The quantitative estimate of drug-likeness (QED) is 0.794. The molecule has 0 N–H and O–H groups in total. The number of fused-ring (bicyclic) bond motifs is 1. The molecule has 4 heteroatoms. The molecule has 0 unspecified atom stereocenters. The Balaban J connectivity index is 2.05. The fourth-order valence-electron chi connectivity index (χ4n) is 2.54. The Labute approximate surface area is 131 Å². The standard InChI is InChI=1S/C18H19NO2S/c1-18(2,3)15-7-4-13(5-8-15)14-6-9-16-17(12-14)22(20,21)11-10-19-16/h4-10,12H,11H2,1-3H3. The maximum Gasteiger partial charge on any atom is 0.185 e. The summed E-state index contributed by atoms with van der Waals surface area (Å²) in [6.45, 7) is 6.52. The molecule has 3 rings (SSSR count). The van der Waals surface area contributed by atoms with E-state index in [1.807, 2.05) is 18.2 Å². The molecule has 1 aliphatic heterocycles. The fraction of sp³-hybridized carbons (Fsp3) is 0.278. The minimum absolute atomic E-state index is 0.0214. The predicted molar refractivity (Wildman–Crippen MR) is 90.8 cm³/mol. The van der Waals surface area contributed by atoms with Crippen molar-refractivity contribution in [2.24, 2.45) is 4.99 Å². The molecule has 2 aromatic rings. The third kappa shape index (κ3) is 2.71. The smallest absolute Gasteiger partial charge is 0.185 e. The van der Waals surface area contributed by atoms with Crippen molar-refractivity contribution in [2.45, 2.75) is 31.1 Å². The maximum absolute atomic E-state index is 12.2. The molecule has 1 aliphatic rings. The van der Waals surface area contributed by atoms with E-state index in [9.17, 15) is 8.42 Å².